The summed E-state index contributed by atoms with van der Waals surface area (Å²) in [5, 5.41) is 9.09. The number of hydrogen-bond donors (Lipinski definition) is 0. The molecule has 2 aromatic carbocycles. The summed E-state index contributed by atoms with van der Waals surface area (Å²) in [6.45, 7) is 3.05. The van der Waals surface area contributed by atoms with Crippen LogP contribution in [0.4, 0.5) is 13.2 Å². The summed E-state index contributed by atoms with van der Waals surface area (Å²) in [5.74, 6) is -0.465. The Balaban J connectivity index is 1.55. The van der Waals surface area contributed by atoms with Gasteiger partial charge in [-0.2, -0.15) is 18.4 Å². The molecule has 0 N–H and O–H groups in total. The van der Waals surface area contributed by atoms with Gasteiger partial charge in [0.1, 0.15) is 0 Å². The lowest BCUT2D eigenvalue weighted by Crippen LogP contribution is -2.47. The highest BCUT2D eigenvalue weighted by Gasteiger charge is 2.30. The highest BCUT2D eigenvalue weighted by Crippen LogP contribution is 2.29. The van der Waals surface area contributed by atoms with Crippen LogP contribution in [0.3, 0.4) is 0 Å². The minimum absolute atomic E-state index is 0.0197. The van der Waals surface area contributed by atoms with Crippen molar-refractivity contribution >= 4 is 5.91 Å². The number of halogens is 3. The molecule has 1 aliphatic rings. The van der Waals surface area contributed by atoms with Gasteiger partial charge in [0.2, 0.25) is 0 Å². The van der Waals surface area contributed by atoms with Crippen LogP contribution in [0.25, 0.3) is 0 Å². The van der Waals surface area contributed by atoms with Gasteiger partial charge in [-0.3, -0.25) is 4.79 Å². The van der Waals surface area contributed by atoms with E-state index in [9.17, 15) is 18.0 Å². The third-order valence-electron chi connectivity index (χ3n) is 5.08. The van der Waals surface area contributed by atoms with Crippen molar-refractivity contribution in [1.29, 1.82) is 5.26 Å². The number of alkyl halides is 3. The van der Waals surface area contributed by atoms with E-state index < -0.39 is 11.7 Å². The predicted octanol–water partition coefficient (Wildman–Crippen LogP) is 4.39. The Hall–Kier alpha value is -2.89. The maximum atomic E-state index is 12.9. The number of morpholine rings is 1. The fourth-order valence-corrected chi connectivity index (χ4v) is 3.35. The third-order valence-corrected chi connectivity index (χ3v) is 5.08. The number of rotatable bonds is 6. The van der Waals surface area contributed by atoms with Gasteiger partial charge in [-0.15, -0.1) is 0 Å². The van der Waals surface area contributed by atoms with E-state index in [2.05, 4.69) is 6.07 Å². The lowest BCUT2D eigenvalue weighted by molar-refractivity contribution is -0.137. The first kappa shape index (κ1) is 22.8. The second-order valence-electron chi connectivity index (χ2n) is 7.43. The summed E-state index contributed by atoms with van der Waals surface area (Å²) in [6.07, 6.45) is -4.77. The van der Waals surface area contributed by atoms with Gasteiger partial charge >= 0.3 is 6.18 Å². The first-order valence-corrected chi connectivity index (χ1v) is 9.92. The number of nitrogens with zero attached hydrogens (tertiary/aromatic N) is 2. The molecular formula is C23H23F3N2O3. The molecule has 0 spiro atoms. The molecule has 0 aliphatic carbocycles. The van der Waals surface area contributed by atoms with Crippen molar-refractivity contribution in [2.45, 2.75) is 31.7 Å². The summed E-state index contributed by atoms with van der Waals surface area (Å²) in [4.78, 5) is 14.5. The Bertz CT molecular complexity index is 956. The van der Waals surface area contributed by atoms with E-state index in [1.807, 2.05) is 6.07 Å². The fourth-order valence-electron chi connectivity index (χ4n) is 3.35. The SMILES string of the molecule is CC(C#N)c1cccc(C(=O)N2CCOC(COCc3cccc(C(F)(F)F)c3)C2)c1. The molecule has 5 nitrogen and oxygen atoms in total. The number of carbonyl (C=O) groups excluding carboxylic acids is 1. The van der Waals surface area contributed by atoms with Crippen LogP contribution < -0.4 is 0 Å². The lowest BCUT2D eigenvalue weighted by atomic mass is 10.00. The summed E-state index contributed by atoms with van der Waals surface area (Å²) in [6, 6.07) is 14.2. The summed E-state index contributed by atoms with van der Waals surface area (Å²) < 4.78 is 49.7. The zero-order valence-corrected chi connectivity index (χ0v) is 17.1. The molecule has 2 atom stereocenters. The van der Waals surface area contributed by atoms with Crippen LogP contribution in [0.5, 0.6) is 0 Å². The molecule has 1 heterocycles. The highest BCUT2D eigenvalue weighted by atomic mass is 19.4. The second-order valence-corrected chi connectivity index (χ2v) is 7.43. The normalized spacial score (nSPS) is 17.8. The van der Waals surface area contributed by atoms with Gasteiger partial charge in [0, 0.05) is 18.7 Å². The molecule has 0 aromatic heterocycles. The molecule has 8 heteroatoms. The second kappa shape index (κ2) is 9.94. The minimum atomic E-state index is -4.40. The van der Waals surface area contributed by atoms with Crippen molar-refractivity contribution in [3.63, 3.8) is 0 Å². The number of amides is 1. The molecule has 164 valence electrons. The molecule has 0 bridgehead atoms. The van der Waals surface area contributed by atoms with E-state index in [0.29, 0.717) is 30.8 Å². The van der Waals surface area contributed by atoms with Gasteiger partial charge < -0.3 is 14.4 Å². The van der Waals surface area contributed by atoms with Gasteiger partial charge in [0.25, 0.3) is 5.91 Å². The van der Waals surface area contributed by atoms with Gasteiger partial charge in [0.15, 0.2) is 0 Å². The first-order valence-electron chi connectivity index (χ1n) is 9.92. The molecule has 2 unspecified atom stereocenters. The molecule has 1 saturated heterocycles. The maximum absolute atomic E-state index is 12.9. The monoisotopic (exact) mass is 432 g/mol. The fraction of sp³-hybridized carbons (Fsp3) is 0.391. The lowest BCUT2D eigenvalue weighted by Gasteiger charge is -2.33. The van der Waals surface area contributed by atoms with E-state index in [-0.39, 0.29) is 31.1 Å². The van der Waals surface area contributed by atoms with Crippen molar-refractivity contribution < 1.29 is 27.4 Å². The van der Waals surface area contributed by atoms with E-state index in [1.165, 1.54) is 6.07 Å². The van der Waals surface area contributed by atoms with Crippen molar-refractivity contribution in [3.8, 4) is 6.07 Å². The first-order chi connectivity index (χ1) is 14.8. The quantitative estimate of drug-likeness (QED) is 0.679. The van der Waals surface area contributed by atoms with E-state index in [4.69, 9.17) is 14.7 Å². The Morgan fingerprint density at radius 1 is 1.29 bits per heavy atom. The van der Waals surface area contributed by atoms with Crippen LogP contribution in [-0.2, 0) is 22.3 Å². The van der Waals surface area contributed by atoms with Gasteiger partial charge in [-0.05, 0) is 42.3 Å². The average Bonchev–Trinajstić information content (AvgIpc) is 2.78. The van der Waals surface area contributed by atoms with Crippen molar-refractivity contribution in [1.82, 2.24) is 4.90 Å². The topological polar surface area (TPSA) is 62.6 Å². The van der Waals surface area contributed by atoms with E-state index in [0.717, 1.165) is 17.7 Å². The van der Waals surface area contributed by atoms with Crippen LogP contribution in [0, 0.1) is 11.3 Å². The largest absolute Gasteiger partial charge is 0.416 e. The van der Waals surface area contributed by atoms with Crippen molar-refractivity contribution in [3.05, 3.63) is 70.8 Å². The number of carbonyl (C=O) groups is 1. The van der Waals surface area contributed by atoms with Crippen LogP contribution >= 0.6 is 0 Å². The highest BCUT2D eigenvalue weighted by molar-refractivity contribution is 5.94. The Morgan fingerprint density at radius 2 is 2.06 bits per heavy atom. The Morgan fingerprint density at radius 3 is 2.81 bits per heavy atom. The number of benzene rings is 2. The van der Waals surface area contributed by atoms with Crippen LogP contribution in [0.15, 0.2) is 48.5 Å². The van der Waals surface area contributed by atoms with Gasteiger partial charge in [0.05, 0.1) is 43.5 Å². The van der Waals surface area contributed by atoms with Gasteiger partial charge in [-0.1, -0.05) is 24.3 Å². The predicted molar refractivity (Wildman–Crippen MR) is 107 cm³/mol. The van der Waals surface area contributed by atoms with Crippen molar-refractivity contribution in [2.24, 2.45) is 0 Å². The van der Waals surface area contributed by atoms with Crippen molar-refractivity contribution in [2.75, 3.05) is 26.3 Å². The summed E-state index contributed by atoms with van der Waals surface area (Å²) in [7, 11) is 0. The van der Waals surface area contributed by atoms with Crippen LogP contribution in [-0.4, -0.2) is 43.2 Å². The summed E-state index contributed by atoms with van der Waals surface area (Å²) in [5.41, 5.74) is 0.988. The van der Waals surface area contributed by atoms with Gasteiger partial charge in [-0.25, -0.2) is 0 Å². The molecule has 1 aliphatic heterocycles. The third kappa shape index (κ3) is 6.06. The van der Waals surface area contributed by atoms with Crippen LogP contribution in [0.1, 0.15) is 39.9 Å². The number of hydrogen-bond acceptors (Lipinski definition) is 4. The molecule has 1 fully saturated rings. The van der Waals surface area contributed by atoms with Crippen LogP contribution in [0.2, 0.25) is 0 Å². The molecule has 0 radical (unpaired) electrons. The molecule has 3 rings (SSSR count). The number of nitriles is 1. The zero-order chi connectivity index (χ0) is 22.4. The number of ether oxygens (including phenoxy) is 2. The molecular weight excluding hydrogens is 409 g/mol. The molecule has 2 aromatic rings. The molecule has 0 saturated carbocycles. The minimum Gasteiger partial charge on any atom is -0.374 e. The Kier molecular flexibility index (Phi) is 7.31. The maximum Gasteiger partial charge on any atom is 0.416 e. The molecule has 1 amide bonds. The smallest absolute Gasteiger partial charge is 0.374 e. The average molecular weight is 432 g/mol. The standard InChI is InChI=1S/C23H23F3N2O3/c1-16(12-27)18-5-3-6-19(11-18)22(29)28-8-9-31-21(13-28)15-30-14-17-4-2-7-20(10-17)23(24,25)26/h2-7,10-11,16,21H,8-9,13-15H2,1H3. The molecule has 31 heavy (non-hydrogen) atoms. The van der Waals surface area contributed by atoms with E-state index in [1.54, 1.807) is 36.1 Å². The zero-order valence-electron chi connectivity index (χ0n) is 17.1. The Labute approximate surface area is 179 Å². The van der Waals surface area contributed by atoms with E-state index >= 15 is 0 Å². The summed E-state index contributed by atoms with van der Waals surface area (Å²) >= 11 is 0.